The molecular formula is C15H17N3O3. The molecule has 1 saturated heterocycles. The van der Waals surface area contributed by atoms with Crippen LogP contribution in [0.3, 0.4) is 0 Å². The first-order valence-corrected chi connectivity index (χ1v) is 6.91. The van der Waals surface area contributed by atoms with E-state index < -0.39 is 0 Å². The van der Waals surface area contributed by atoms with E-state index in [1.807, 2.05) is 24.3 Å². The lowest BCUT2D eigenvalue weighted by atomic mass is 10.1. The zero-order valence-electron chi connectivity index (χ0n) is 11.5. The van der Waals surface area contributed by atoms with E-state index in [9.17, 15) is 4.79 Å². The molecule has 1 aliphatic rings. The van der Waals surface area contributed by atoms with Crippen molar-refractivity contribution in [3.63, 3.8) is 0 Å². The maximum atomic E-state index is 12.0. The Morgan fingerprint density at radius 1 is 1.48 bits per heavy atom. The molecule has 6 nitrogen and oxygen atoms in total. The van der Waals surface area contributed by atoms with Gasteiger partial charge >= 0.3 is 0 Å². The fourth-order valence-corrected chi connectivity index (χ4v) is 2.30. The van der Waals surface area contributed by atoms with Gasteiger partial charge in [-0.25, -0.2) is 4.98 Å². The van der Waals surface area contributed by atoms with Crippen LogP contribution in [0.25, 0.3) is 11.3 Å². The lowest BCUT2D eigenvalue weighted by Gasteiger charge is -2.23. The van der Waals surface area contributed by atoms with Crippen LogP contribution >= 0.6 is 0 Å². The molecule has 0 aliphatic carbocycles. The van der Waals surface area contributed by atoms with Crippen molar-refractivity contribution in [1.82, 2.24) is 10.3 Å². The van der Waals surface area contributed by atoms with Crippen molar-refractivity contribution in [3.8, 4) is 11.3 Å². The number of amides is 1. The Hall–Kier alpha value is -2.18. The number of hydrogen-bond donors (Lipinski definition) is 2. The number of morpholine rings is 1. The number of ether oxygens (including phenoxy) is 1. The molecule has 1 unspecified atom stereocenters. The van der Waals surface area contributed by atoms with Gasteiger partial charge in [0.25, 0.3) is 0 Å². The van der Waals surface area contributed by atoms with Crippen LogP contribution in [0.2, 0.25) is 0 Å². The third-order valence-electron chi connectivity index (χ3n) is 3.29. The molecule has 2 aromatic rings. The van der Waals surface area contributed by atoms with E-state index in [-0.39, 0.29) is 11.9 Å². The van der Waals surface area contributed by atoms with E-state index in [1.54, 1.807) is 6.20 Å². The van der Waals surface area contributed by atoms with Gasteiger partial charge in [0.15, 0.2) is 12.2 Å². The van der Waals surface area contributed by atoms with E-state index in [4.69, 9.17) is 9.15 Å². The van der Waals surface area contributed by atoms with Crippen LogP contribution in [0.4, 0.5) is 5.69 Å². The second kappa shape index (κ2) is 6.51. The molecule has 1 aliphatic heterocycles. The summed E-state index contributed by atoms with van der Waals surface area (Å²) in [7, 11) is 0. The highest BCUT2D eigenvalue weighted by Crippen LogP contribution is 2.22. The summed E-state index contributed by atoms with van der Waals surface area (Å²) in [4.78, 5) is 15.9. The molecule has 0 saturated carbocycles. The molecule has 1 amide bonds. The SMILES string of the molecule is O=C(CC1COCCN1)Nc1cccc(-c2cnco2)c1. The zero-order chi connectivity index (χ0) is 14.5. The number of hydrogen-bond acceptors (Lipinski definition) is 5. The Kier molecular flexibility index (Phi) is 4.28. The molecule has 1 aromatic heterocycles. The van der Waals surface area contributed by atoms with E-state index >= 15 is 0 Å². The molecule has 2 N–H and O–H groups in total. The van der Waals surface area contributed by atoms with Crippen molar-refractivity contribution in [2.75, 3.05) is 25.1 Å². The van der Waals surface area contributed by atoms with E-state index in [0.717, 1.165) is 17.8 Å². The van der Waals surface area contributed by atoms with Gasteiger partial charge in [0.05, 0.1) is 19.4 Å². The summed E-state index contributed by atoms with van der Waals surface area (Å²) in [5, 5.41) is 6.16. The molecule has 6 heteroatoms. The summed E-state index contributed by atoms with van der Waals surface area (Å²) in [6.45, 7) is 2.07. The van der Waals surface area contributed by atoms with Gasteiger partial charge in [-0.15, -0.1) is 0 Å². The Balaban J connectivity index is 1.62. The summed E-state index contributed by atoms with van der Waals surface area (Å²) in [5.74, 6) is 0.640. The van der Waals surface area contributed by atoms with Crippen molar-refractivity contribution >= 4 is 11.6 Å². The van der Waals surface area contributed by atoms with E-state index in [2.05, 4.69) is 15.6 Å². The van der Waals surface area contributed by atoms with Crippen LogP contribution < -0.4 is 10.6 Å². The lowest BCUT2D eigenvalue weighted by Crippen LogP contribution is -2.43. The maximum absolute atomic E-state index is 12.0. The third-order valence-corrected chi connectivity index (χ3v) is 3.29. The van der Waals surface area contributed by atoms with Crippen molar-refractivity contribution in [2.45, 2.75) is 12.5 Å². The molecule has 0 spiro atoms. The van der Waals surface area contributed by atoms with E-state index in [1.165, 1.54) is 6.39 Å². The number of nitrogens with zero attached hydrogens (tertiary/aromatic N) is 1. The average molecular weight is 287 g/mol. The van der Waals surface area contributed by atoms with E-state index in [0.29, 0.717) is 25.4 Å². The fraction of sp³-hybridized carbons (Fsp3) is 0.333. The predicted molar refractivity (Wildman–Crippen MR) is 77.8 cm³/mol. The Morgan fingerprint density at radius 3 is 3.19 bits per heavy atom. The van der Waals surface area contributed by atoms with Crippen LogP contribution in [-0.2, 0) is 9.53 Å². The van der Waals surface area contributed by atoms with Crippen molar-refractivity contribution in [3.05, 3.63) is 36.9 Å². The zero-order valence-corrected chi connectivity index (χ0v) is 11.5. The molecule has 0 bridgehead atoms. The number of nitrogens with one attached hydrogen (secondary N) is 2. The van der Waals surface area contributed by atoms with Gasteiger partial charge in [-0.3, -0.25) is 4.79 Å². The van der Waals surface area contributed by atoms with Crippen LogP contribution in [0.15, 0.2) is 41.3 Å². The van der Waals surface area contributed by atoms with Gasteiger partial charge in [0.2, 0.25) is 5.91 Å². The summed E-state index contributed by atoms with van der Waals surface area (Å²) in [6, 6.07) is 7.57. The van der Waals surface area contributed by atoms with Crippen molar-refractivity contribution in [1.29, 1.82) is 0 Å². The largest absolute Gasteiger partial charge is 0.444 e. The normalized spacial score (nSPS) is 18.4. The van der Waals surface area contributed by atoms with Crippen LogP contribution in [0.1, 0.15) is 6.42 Å². The first kappa shape index (κ1) is 13.8. The molecule has 0 radical (unpaired) electrons. The number of carbonyl (C=O) groups excluding carboxylic acids is 1. The summed E-state index contributed by atoms with van der Waals surface area (Å²) in [5.41, 5.74) is 1.62. The lowest BCUT2D eigenvalue weighted by molar-refractivity contribution is -0.117. The highest BCUT2D eigenvalue weighted by molar-refractivity contribution is 5.91. The Bertz CT molecular complexity index is 592. The van der Waals surface area contributed by atoms with Gasteiger partial charge in [0.1, 0.15) is 0 Å². The predicted octanol–water partition coefficient (Wildman–Crippen LogP) is 1.66. The van der Waals surface area contributed by atoms with Gasteiger partial charge in [0, 0.05) is 30.3 Å². The van der Waals surface area contributed by atoms with Crippen LogP contribution in [0, 0.1) is 0 Å². The molecule has 1 atom stereocenters. The highest BCUT2D eigenvalue weighted by atomic mass is 16.5. The first-order valence-electron chi connectivity index (χ1n) is 6.91. The molecular weight excluding hydrogens is 270 g/mol. The maximum Gasteiger partial charge on any atom is 0.226 e. The minimum Gasteiger partial charge on any atom is -0.444 e. The standard InChI is InChI=1S/C15H17N3O3/c19-15(7-13-9-20-5-4-17-13)18-12-3-1-2-11(6-12)14-8-16-10-21-14/h1-3,6,8,10,13,17H,4-5,7,9H2,(H,18,19). The second-order valence-corrected chi connectivity index (χ2v) is 4.92. The quantitative estimate of drug-likeness (QED) is 0.894. The van der Waals surface area contributed by atoms with Gasteiger partial charge in [-0.1, -0.05) is 12.1 Å². The van der Waals surface area contributed by atoms with Crippen LogP contribution in [0.5, 0.6) is 0 Å². The minimum atomic E-state index is -0.0345. The topological polar surface area (TPSA) is 76.4 Å². The summed E-state index contributed by atoms with van der Waals surface area (Å²) < 4.78 is 10.6. The molecule has 1 aromatic carbocycles. The summed E-state index contributed by atoms with van der Waals surface area (Å²) >= 11 is 0. The van der Waals surface area contributed by atoms with Crippen molar-refractivity contribution < 1.29 is 13.9 Å². The molecule has 2 heterocycles. The monoisotopic (exact) mass is 287 g/mol. The number of rotatable bonds is 4. The number of carbonyl (C=O) groups is 1. The third kappa shape index (κ3) is 3.68. The van der Waals surface area contributed by atoms with Crippen LogP contribution in [-0.4, -0.2) is 36.7 Å². The number of aromatic nitrogens is 1. The van der Waals surface area contributed by atoms with Gasteiger partial charge in [-0.05, 0) is 12.1 Å². The first-order chi connectivity index (χ1) is 10.3. The molecule has 3 rings (SSSR count). The average Bonchev–Trinajstić information content (AvgIpc) is 3.02. The molecule has 110 valence electrons. The smallest absolute Gasteiger partial charge is 0.226 e. The Labute approximate surface area is 122 Å². The highest BCUT2D eigenvalue weighted by Gasteiger charge is 2.17. The minimum absolute atomic E-state index is 0.0345. The second-order valence-electron chi connectivity index (χ2n) is 4.92. The number of anilines is 1. The van der Waals surface area contributed by atoms with Crippen molar-refractivity contribution in [2.24, 2.45) is 0 Å². The Morgan fingerprint density at radius 2 is 2.43 bits per heavy atom. The van der Waals surface area contributed by atoms with Gasteiger partial charge < -0.3 is 19.8 Å². The number of oxazole rings is 1. The fourth-order valence-electron chi connectivity index (χ4n) is 2.30. The summed E-state index contributed by atoms with van der Waals surface area (Å²) in [6.07, 6.45) is 3.42. The molecule has 21 heavy (non-hydrogen) atoms. The van der Waals surface area contributed by atoms with Gasteiger partial charge in [-0.2, -0.15) is 0 Å². The molecule has 1 fully saturated rings. The number of benzene rings is 1.